The van der Waals surface area contributed by atoms with Crippen molar-refractivity contribution in [2.75, 3.05) is 0 Å². The lowest BCUT2D eigenvalue weighted by Crippen LogP contribution is -2.18. The van der Waals surface area contributed by atoms with Crippen molar-refractivity contribution in [2.45, 2.75) is 51.1 Å². The molecule has 3 heteroatoms. The van der Waals surface area contributed by atoms with Crippen molar-refractivity contribution in [1.29, 1.82) is 0 Å². The highest BCUT2D eigenvalue weighted by Crippen LogP contribution is 2.29. The number of nitrogens with zero attached hydrogens (tertiary/aromatic N) is 2. The molecule has 0 bridgehead atoms. The summed E-state index contributed by atoms with van der Waals surface area (Å²) in [6, 6.07) is 0.742. The fraction of sp³-hybridized carbons (Fsp3) is 0.727. The molecule has 0 radical (unpaired) electrons. The average molecular weight is 193 g/mol. The molecule has 14 heavy (non-hydrogen) atoms. The van der Waals surface area contributed by atoms with Gasteiger partial charge in [-0.15, -0.1) is 0 Å². The third-order valence-electron chi connectivity index (χ3n) is 3.13. The molecule has 1 aromatic heterocycles. The topological polar surface area (TPSA) is 43.8 Å². The van der Waals surface area contributed by atoms with Gasteiger partial charge in [0, 0.05) is 18.3 Å². The van der Waals surface area contributed by atoms with Gasteiger partial charge < -0.3 is 10.3 Å². The summed E-state index contributed by atoms with van der Waals surface area (Å²) in [5.41, 5.74) is 7.08. The van der Waals surface area contributed by atoms with Crippen LogP contribution in [0.1, 0.15) is 56.8 Å². The Labute approximate surface area is 85.3 Å². The minimum absolute atomic E-state index is 0.0967. The van der Waals surface area contributed by atoms with E-state index in [4.69, 9.17) is 5.73 Å². The van der Waals surface area contributed by atoms with Gasteiger partial charge in [-0.1, -0.05) is 19.3 Å². The minimum Gasteiger partial charge on any atom is -0.330 e. The van der Waals surface area contributed by atoms with Crippen LogP contribution in [0, 0.1) is 0 Å². The van der Waals surface area contributed by atoms with Gasteiger partial charge in [-0.25, -0.2) is 4.98 Å². The monoisotopic (exact) mass is 193 g/mol. The predicted octanol–water partition coefficient (Wildman–Crippen LogP) is 2.41. The summed E-state index contributed by atoms with van der Waals surface area (Å²) in [5.74, 6) is 0. The molecule has 1 unspecified atom stereocenters. The molecule has 0 aliphatic heterocycles. The minimum atomic E-state index is 0.0967. The Morgan fingerprint density at radius 1 is 1.43 bits per heavy atom. The molecule has 1 aromatic rings. The molecule has 0 saturated heterocycles. The van der Waals surface area contributed by atoms with Crippen LogP contribution in [0.5, 0.6) is 0 Å². The van der Waals surface area contributed by atoms with Gasteiger partial charge in [-0.2, -0.15) is 0 Å². The normalized spacial score (nSPS) is 21.0. The van der Waals surface area contributed by atoms with Gasteiger partial charge in [0.2, 0.25) is 0 Å². The van der Waals surface area contributed by atoms with E-state index in [1.807, 2.05) is 19.4 Å². The van der Waals surface area contributed by atoms with Crippen molar-refractivity contribution in [3.8, 4) is 0 Å². The molecule has 1 atom stereocenters. The maximum atomic E-state index is 5.90. The third kappa shape index (κ3) is 1.82. The molecule has 0 spiro atoms. The van der Waals surface area contributed by atoms with Crippen molar-refractivity contribution in [3.63, 3.8) is 0 Å². The molecule has 1 fully saturated rings. The van der Waals surface area contributed by atoms with E-state index in [1.54, 1.807) is 0 Å². The lowest BCUT2D eigenvalue weighted by atomic mass is 9.95. The Morgan fingerprint density at radius 2 is 2.14 bits per heavy atom. The van der Waals surface area contributed by atoms with Gasteiger partial charge in [0.05, 0.1) is 12.0 Å². The Kier molecular flexibility index (Phi) is 2.87. The number of rotatable bonds is 2. The lowest BCUT2D eigenvalue weighted by Gasteiger charge is -2.25. The largest absolute Gasteiger partial charge is 0.330 e. The molecule has 0 aromatic carbocycles. The average Bonchev–Trinajstić information content (AvgIpc) is 2.67. The van der Waals surface area contributed by atoms with Crippen LogP contribution in [0.2, 0.25) is 0 Å². The number of hydrogen-bond donors (Lipinski definition) is 1. The van der Waals surface area contributed by atoms with E-state index in [2.05, 4.69) is 9.55 Å². The third-order valence-corrected chi connectivity index (χ3v) is 3.13. The van der Waals surface area contributed by atoms with Crippen LogP contribution in [0.3, 0.4) is 0 Å². The Morgan fingerprint density at radius 3 is 2.79 bits per heavy atom. The van der Waals surface area contributed by atoms with Crippen LogP contribution in [-0.2, 0) is 0 Å². The van der Waals surface area contributed by atoms with Gasteiger partial charge in [0.25, 0.3) is 0 Å². The molecular formula is C11H19N3. The molecule has 3 nitrogen and oxygen atoms in total. The van der Waals surface area contributed by atoms with E-state index in [9.17, 15) is 0 Å². The van der Waals surface area contributed by atoms with E-state index >= 15 is 0 Å². The molecule has 1 aliphatic rings. The zero-order valence-corrected chi connectivity index (χ0v) is 8.82. The summed E-state index contributed by atoms with van der Waals surface area (Å²) in [4.78, 5) is 4.20. The molecule has 78 valence electrons. The van der Waals surface area contributed by atoms with Crippen molar-refractivity contribution in [3.05, 3.63) is 18.2 Å². The van der Waals surface area contributed by atoms with Gasteiger partial charge in [-0.05, 0) is 19.8 Å². The SMILES string of the molecule is CC(N)c1cncn1C1CCCCC1. The Hall–Kier alpha value is -0.830. The van der Waals surface area contributed by atoms with E-state index in [-0.39, 0.29) is 6.04 Å². The standard InChI is InChI=1S/C11H19N3/c1-9(12)11-7-13-8-14(11)10-5-3-2-4-6-10/h7-10H,2-6,12H2,1H3. The van der Waals surface area contributed by atoms with Crippen molar-refractivity contribution in [2.24, 2.45) is 5.73 Å². The van der Waals surface area contributed by atoms with Crippen molar-refractivity contribution in [1.82, 2.24) is 9.55 Å². The van der Waals surface area contributed by atoms with Gasteiger partial charge in [0.15, 0.2) is 0 Å². The summed E-state index contributed by atoms with van der Waals surface area (Å²) in [5, 5.41) is 0. The summed E-state index contributed by atoms with van der Waals surface area (Å²) in [6.07, 6.45) is 10.5. The summed E-state index contributed by atoms with van der Waals surface area (Å²) in [7, 11) is 0. The van der Waals surface area contributed by atoms with Gasteiger partial charge in [-0.3, -0.25) is 0 Å². The maximum Gasteiger partial charge on any atom is 0.0951 e. The zero-order valence-electron chi connectivity index (χ0n) is 8.82. The van der Waals surface area contributed by atoms with Crippen molar-refractivity contribution < 1.29 is 0 Å². The molecule has 2 N–H and O–H groups in total. The second-order valence-corrected chi connectivity index (χ2v) is 4.31. The first-order valence-corrected chi connectivity index (χ1v) is 5.56. The van der Waals surface area contributed by atoms with Crippen LogP contribution < -0.4 is 5.73 Å². The Balaban J connectivity index is 2.17. The number of aromatic nitrogens is 2. The zero-order chi connectivity index (χ0) is 9.97. The van der Waals surface area contributed by atoms with Crippen LogP contribution in [0.25, 0.3) is 0 Å². The van der Waals surface area contributed by atoms with Gasteiger partial charge in [0.1, 0.15) is 0 Å². The second-order valence-electron chi connectivity index (χ2n) is 4.31. The number of hydrogen-bond acceptors (Lipinski definition) is 2. The van der Waals surface area contributed by atoms with E-state index in [1.165, 1.54) is 37.8 Å². The fourth-order valence-corrected chi connectivity index (χ4v) is 2.33. The molecular weight excluding hydrogens is 174 g/mol. The molecule has 1 saturated carbocycles. The summed E-state index contributed by atoms with van der Waals surface area (Å²) in [6.45, 7) is 2.02. The van der Waals surface area contributed by atoms with E-state index in [0.29, 0.717) is 6.04 Å². The van der Waals surface area contributed by atoms with Crippen LogP contribution in [0.15, 0.2) is 12.5 Å². The first-order valence-electron chi connectivity index (χ1n) is 5.56. The quantitative estimate of drug-likeness (QED) is 0.783. The number of nitrogens with two attached hydrogens (primary N) is 1. The highest BCUT2D eigenvalue weighted by molar-refractivity contribution is 5.05. The maximum absolute atomic E-state index is 5.90. The molecule has 1 heterocycles. The van der Waals surface area contributed by atoms with Gasteiger partial charge >= 0.3 is 0 Å². The molecule has 2 rings (SSSR count). The summed E-state index contributed by atoms with van der Waals surface area (Å²) < 4.78 is 2.28. The first-order chi connectivity index (χ1) is 6.79. The lowest BCUT2D eigenvalue weighted by molar-refractivity contribution is 0.343. The van der Waals surface area contributed by atoms with Crippen LogP contribution >= 0.6 is 0 Å². The smallest absolute Gasteiger partial charge is 0.0951 e. The highest BCUT2D eigenvalue weighted by Gasteiger charge is 2.18. The van der Waals surface area contributed by atoms with Crippen molar-refractivity contribution >= 4 is 0 Å². The number of imidazole rings is 1. The first kappa shape index (κ1) is 9.71. The van der Waals surface area contributed by atoms with Crippen LogP contribution in [-0.4, -0.2) is 9.55 Å². The summed E-state index contributed by atoms with van der Waals surface area (Å²) >= 11 is 0. The fourth-order valence-electron chi connectivity index (χ4n) is 2.33. The highest BCUT2D eigenvalue weighted by atomic mass is 15.1. The Bertz CT molecular complexity index is 284. The van der Waals surface area contributed by atoms with Crippen LogP contribution in [0.4, 0.5) is 0 Å². The molecule has 0 amide bonds. The van der Waals surface area contributed by atoms with E-state index < -0.39 is 0 Å². The second kappa shape index (κ2) is 4.13. The predicted molar refractivity (Wildman–Crippen MR) is 57.0 cm³/mol. The molecule has 1 aliphatic carbocycles. The van der Waals surface area contributed by atoms with E-state index in [0.717, 1.165) is 0 Å².